The molecule has 1 fully saturated rings. The molecule has 0 aliphatic heterocycles. The Bertz CT molecular complexity index is 484. The molecule has 0 saturated heterocycles. The summed E-state index contributed by atoms with van der Waals surface area (Å²) in [7, 11) is 1.47. The molecule has 2 rings (SSSR count). The predicted octanol–water partition coefficient (Wildman–Crippen LogP) is -0.757. The van der Waals surface area contributed by atoms with Crippen LogP contribution >= 0.6 is 0 Å². The topological polar surface area (TPSA) is 82.0 Å². The first-order valence-electron chi connectivity index (χ1n) is 4.91. The number of nitrogens with two attached hydrogens (primary N) is 1. The minimum atomic E-state index is -0.347. The molecule has 82 valence electrons. The number of aromatic nitrogens is 2. The second kappa shape index (κ2) is 3.54. The smallest absolute Gasteiger partial charge is 0.310 e. The number of hydrazine groups is 1. The van der Waals surface area contributed by atoms with Gasteiger partial charge in [0.25, 0.3) is 5.56 Å². The third-order valence-corrected chi connectivity index (χ3v) is 2.68. The average Bonchev–Trinajstić information content (AvgIpc) is 3.02. The van der Waals surface area contributed by atoms with E-state index in [0.717, 1.165) is 17.4 Å². The zero-order valence-corrected chi connectivity index (χ0v) is 8.56. The van der Waals surface area contributed by atoms with Crippen molar-refractivity contribution in [3.8, 4) is 0 Å². The molecule has 0 spiro atoms. The molecular formula is C9H14N4O2. The van der Waals surface area contributed by atoms with E-state index in [9.17, 15) is 9.59 Å². The minimum Gasteiger partial charge on any atom is -0.310 e. The highest BCUT2D eigenvalue weighted by atomic mass is 16.2. The Kier molecular flexibility index (Phi) is 2.36. The molecule has 6 heteroatoms. The molecule has 0 radical (unpaired) electrons. The van der Waals surface area contributed by atoms with E-state index in [1.165, 1.54) is 17.7 Å². The average molecular weight is 210 g/mol. The molecule has 1 aliphatic rings. The van der Waals surface area contributed by atoms with Gasteiger partial charge in [0.1, 0.15) is 5.82 Å². The lowest BCUT2D eigenvalue weighted by molar-refractivity contribution is 0.564. The van der Waals surface area contributed by atoms with Gasteiger partial charge >= 0.3 is 5.69 Å². The fourth-order valence-electron chi connectivity index (χ4n) is 1.52. The molecule has 1 saturated carbocycles. The van der Waals surface area contributed by atoms with E-state index in [1.54, 1.807) is 0 Å². The van der Waals surface area contributed by atoms with Crippen LogP contribution in [0.25, 0.3) is 0 Å². The van der Waals surface area contributed by atoms with Crippen molar-refractivity contribution in [3.05, 3.63) is 26.9 Å². The summed E-state index contributed by atoms with van der Waals surface area (Å²) in [5, 5.41) is 0. The highest BCUT2D eigenvalue weighted by Crippen LogP contribution is 2.30. The monoisotopic (exact) mass is 210 g/mol. The third-order valence-electron chi connectivity index (χ3n) is 2.68. The van der Waals surface area contributed by atoms with Crippen molar-refractivity contribution in [1.82, 2.24) is 9.13 Å². The van der Waals surface area contributed by atoms with Crippen molar-refractivity contribution in [2.75, 3.05) is 5.43 Å². The summed E-state index contributed by atoms with van der Waals surface area (Å²) >= 11 is 0. The quantitative estimate of drug-likeness (QED) is 0.507. The first kappa shape index (κ1) is 9.97. The zero-order chi connectivity index (χ0) is 11.0. The minimum absolute atomic E-state index is 0.317. The lowest BCUT2D eigenvalue weighted by Gasteiger charge is -2.12. The van der Waals surface area contributed by atoms with E-state index in [2.05, 4.69) is 5.43 Å². The molecule has 0 aromatic carbocycles. The second-order valence-electron chi connectivity index (χ2n) is 3.91. The van der Waals surface area contributed by atoms with E-state index in [4.69, 9.17) is 5.84 Å². The van der Waals surface area contributed by atoms with Crippen LogP contribution in [0.3, 0.4) is 0 Å². The molecule has 0 amide bonds. The van der Waals surface area contributed by atoms with Crippen molar-refractivity contribution in [1.29, 1.82) is 0 Å². The van der Waals surface area contributed by atoms with Crippen LogP contribution in [0.5, 0.6) is 0 Å². The molecule has 1 aromatic rings. The van der Waals surface area contributed by atoms with Crippen LogP contribution in [0.15, 0.2) is 15.7 Å². The van der Waals surface area contributed by atoms with Crippen LogP contribution in [-0.2, 0) is 13.6 Å². The van der Waals surface area contributed by atoms with Crippen LogP contribution in [0.4, 0.5) is 5.82 Å². The van der Waals surface area contributed by atoms with Crippen LogP contribution in [0.2, 0.25) is 0 Å². The summed E-state index contributed by atoms with van der Waals surface area (Å²) in [6, 6.07) is 1.34. The van der Waals surface area contributed by atoms with Crippen molar-refractivity contribution in [3.63, 3.8) is 0 Å². The number of hydrogen-bond donors (Lipinski definition) is 2. The van der Waals surface area contributed by atoms with Crippen molar-refractivity contribution in [2.45, 2.75) is 19.4 Å². The lowest BCUT2D eigenvalue weighted by Crippen LogP contribution is -2.39. The van der Waals surface area contributed by atoms with Crippen molar-refractivity contribution < 1.29 is 0 Å². The summed E-state index contributed by atoms with van der Waals surface area (Å²) < 4.78 is 2.60. The number of anilines is 1. The normalized spacial score (nSPS) is 15.3. The number of nitrogens with one attached hydrogen (secondary N) is 1. The van der Waals surface area contributed by atoms with Gasteiger partial charge in [0.2, 0.25) is 0 Å². The summed E-state index contributed by atoms with van der Waals surface area (Å²) in [4.78, 5) is 23.1. The van der Waals surface area contributed by atoms with Gasteiger partial charge in [-0.05, 0) is 18.8 Å². The molecular weight excluding hydrogens is 196 g/mol. The highest BCUT2D eigenvalue weighted by molar-refractivity contribution is 5.32. The second-order valence-corrected chi connectivity index (χ2v) is 3.91. The Balaban J connectivity index is 2.53. The Morgan fingerprint density at radius 1 is 1.53 bits per heavy atom. The van der Waals surface area contributed by atoms with Crippen LogP contribution in [-0.4, -0.2) is 9.13 Å². The summed E-state index contributed by atoms with van der Waals surface area (Å²) in [5.74, 6) is 6.21. The van der Waals surface area contributed by atoms with Crippen LogP contribution in [0, 0.1) is 5.92 Å². The van der Waals surface area contributed by atoms with Gasteiger partial charge in [-0.15, -0.1) is 0 Å². The first-order chi connectivity index (χ1) is 7.13. The van der Waals surface area contributed by atoms with E-state index < -0.39 is 0 Å². The van der Waals surface area contributed by atoms with Gasteiger partial charge in [0, 0.05) is 19.7 Å². The standard InChI is InChI=1S/C9H14N4O2/c1-12-8(14)4-7(11-10)13(9(12)15)5-6-2-3-6/h4,6,11H,2-3,5,10H2,1H3. The molecule has 1 aromatic heterocycles. The van der Waals surface area contributed by atoms with E-state index in [0.29, 0.717) is 18.3 Å². The van der Waals surface area contributed by atoms with Gasteiger partial charge < -0.3 is 5.43 Å². The Labute approximate surface area is 86.3 Å². The fourth-order valence-corrected chi connectivity index (χ4v) is 1.52. The van der Waals surface area contributed by atoms with Crippen LogP contribution in [0.1, 0.15) is 12.8 Å². The van der Waals surface area contributed by atoms with Gasteiger partial charge in [0.05, 0.1) is 0 Å². The van der Waals surface area contributed by atoms with Gasteiger partial charge in [-0.1, -0.05) is 0 Å². The maximum Gasteiger partial charge on any atom is 0.332 e. The van der Waals surface area contributed by atoms with E-state index >= 15 is 0 Å². The van der Waals surface area contributed by atoms with Crippen LogP contribution < -0.4 is 22.5 Å². The fraction of sp³-hybridized carbons (Fsp3) is 0.556. The maximum absolute atomic E-state index is 11.8. The molecule has 0 bridgehead atoms. The number of hydrogen-bond acceptors (Lipinski definition) is 4. The Hall–Kier alpha value is -1.56. The first-order valence-corrected chi connectivity index (χ1v) is 4.91. The molecule has 0 unspecified atom stereocenters. The summed E-state index contributed by atoms with van der Waals surface area (Å²) in [6.45, 7) is 0.631. The van der Waals surface area contributed by atoms with Crippen molar-refractivity contribution >= 4 is 5.82 Å². The highest BCUT2D eigenvalue weighted by Gasteiger charge is 2.23. The summed E-state index contributed by atoms with van der Waals surface area (Å²) in [6.07, 6.45) is 2.28. The summed E-state index contributed by atoms with van der Waals surface area (Å²) in [5.41, 5.74) is 1.72. The molecule has 15 heavy (non-hydrogen) atoms. The van der Waals surface area contributed by atoms with Crippen molar-refractivity contribution in [2.24, 2.45) is 18.8 Å². The lowest BCUT2D eigenvalue weighted by atomic mass is 10.4. The molecule has 1 heterocycles. The molecule has 6 nitrogen and oxygen atoms in total. The predicted molar refractivity (Wildman–Crippen MR) is 56.5 cm³/mol. The van der Waals surface area contributed by atoms with E-state index in [-0.39, 0.29) is 11.2 Å². The Morgan fingerprint density at radius 2 is 2.20 bits per heavy atom. The molecule has 0 atom stereocenters. The third kappa shape index (κ3) is 1.80. The van der Waals surface area contributed by atoms with Gasteiger partial charge in [-0.25, -0.2) is 10.6 Å². The maximum atomic E-state index is 11.8. The molecule has 1 aliphatic carbocycles. The Morgan fingerprint density at radius 3 is 2.73 bits per heavy atom. The SMILES string of the molecule is Cn1c(=O)cc(NN)n(CC2CC2)c1=O. The van der Waals surface area contributed by atoms with E-state index in [1.807, 2.05) is 0 Å². The number of rotatable bonds is 3. The van der Waals surface area contributed by atoms with Gasteiger partial charge in [-0.3, -0.25) is 13.9 Å². The molecule has 3 N–H and O–H groups in total. The zero-order valence-electron chi connectivity index (χ0n) is 8.56. The largest absolute Gasteiger partial charge is 0.332 e. The van der Waals surface area contributed by atoms with Gasteiger partial charge in [0.15, 0.2) is 0 Å². The van der Waals surface area contributed by atoms with Gasteiger partial charge in [-0.2, -0.15) is 0 Å². The number of nitrogen functional groups attached to an aromatic ring is 1. The number of nitrogens with zero attached hydrogens (tertiary/aromatic N) is 2.